The molecule has 0 radical (unpaired) electrons. The summed E-state index contributed by atoms with van der Waals surface area (Å²) in [5.74, 6) is 0.180. The minimum absolute atomic E-state index is 0.0392. The van der Waals surface area contributed by atoms with Crippen molar-refractivity contribution < 1.29 is 14.3 Å². The van der Waals surface area contributed by atoms with Gasteiger partial charge in [-0.15, -0.1) is 0 Å². The molecule has 1 amide bonds. The zero-order valence-electron chi connectivity index (χ0n) is 10.4. The van der Waals surface area contributed by atoms with Crippen LogP contribution in [0, 0.1) is 0 Å². The highest BCUT2D eigenvalue weighted by Gasteiger charge is 2.20. The van der Waals surface area contributed by atoms with Gasteiger partial charge in [-0.3, -0.25) is 9.78 Å². The Morgan fingerprint density at radius 3 is 3.10 bits per heavy atom. The van der Waals surface area contributed by atoms with Crippen molar-refractivity contribution in [2.24, 2.45) is 0 Å². The molecule has 7 nitrogen and oxygen atoms in total. The van der Waals surface area contributed by atoms with E-state index in [2.05, 4.69) is 20.3 Å². The number of amides is 1. The molecule has 0 aromatic carbocycles. The summed E-state index contributed by atoms with van der Waals surface area (Å²) in [7, 11) is 0. The Morgan fingerprint density at radius 1 is 1.45 bits per heavy atom. The molecular weight excluding hydrogens is 284 g/mol. The lowest BCUT2D eigenvalue weighted by molar-refractivity contribution is -0.134. The second-order valence-electron chi connectivity index (χ2n) is 4.22. The van der Waals surface area contributed by atoms with Crippen LogP contribution in [0.5, 0.6) is 5.88 Å². The Bertz CT molecular complexity index is 642. The number of ether oxygens (including phenoxy) is 2. The molecule has 0 saturated carbocycles. The van der Waals surface area contributed by atoms with Gasteiger partial charge in [0.1, 0.15) is 24.5 Å². The topological polar surface area (TPSA) is 86.2 Å². The molecule has 2 aromatic heterocycles. The van der Waals surface area contributed by atoms with E-state index in [1.165, 1.54) is 0 Å². The fourth-order valence-electron chi connectivity index (χ4n) is 1.82. The maximum atomic E-state index is 11.0. The summed E-state index contributed by atoms with van der Waals surface area (Å²) < 4.78 is 10.9. The number of rotatable bonds is 3. The zero-order chi connectivity index (χ0) is 13.9. The SMILES string of the molecule is O=C1CO[C@H](COc2nc(Cl)cc3nccnc23)CN1. The monoisotopic (exact) mass is 294 g/mol. The number of carbonyl (C=O) groups excluding carboxylic acids is 1. The van der Waals surface area contributed by atoms with Crippen molar-refractivity contribution in [2.45, 2.75) is 6.10 Å². The smallest absolute Gasteiger partial charge is 0.246 e. The van der Waals surface area contributed by atoms with Crippen LogP contribution in [0.1, 0.15) is 0 Å². The van der Waals surface area contributed by atoms with Crippen molar-refractivity contribution in [3.8, 4) is 5.88 Å². The van der Waals surface area contributed by atoms with Crippen LogP contribution in [0.4, 0.5) is 0 Å². The average molecular weight is 295 g/mol. The van der Waals surface area contributed by atoms with Gasteiger partial charge in [0.15, 0.2) is 5.52 Å². The van der Waals surface area contributed by atoms with Crippen LogP contribution in [0.15, 0.2) is 18.5 Å². The van der Waals surface area contributed by atoms with Gasteiger partial charge in [-0.1, -0.05) is 11.6 Å². The lowest BCUT2D eigenvalue weighted by atomic mass is 10.3. The summed E-state index contributed by atoms with van der Waals surface area (Å²) in [6.45, 7) is 0.694. The van der Waals surface area contributed by atoms with E-state index in [4.69, 9.17) is 21.1 Å². The van der Waals surface area contributed by atoms with Crippen molar-refractivity contribution in [3.63, 3.8) is 0 Å². The molecule has 1 aliphatic rings. The first-order valence-corrected chi connectivity index (χ1v) is 6.38. The van der Waals surface area contributed by atoms with Gasteiger partial charge in [-0.2, -0.15) is 4.98 Å². The van der Waals surface area contributed by atoms with Crippen molar-refractivity contribution in [3.05, 3.63) is 23.6 Å². The number of nitrogens with zero attached hydrogens (tertiary/aromatic N) is 3. The minimum atomic E-state index is -0.222. The Morgan fingerprint density at radius 2 is 2.30 bits per heavy atom. The van der Waals surface area contributed by atoms with Crippen molar-refractivity contribution in [1.82, 2.24) is 20.3 Å². The van der Waals surface area contributed by atoms with E-state index in [0.29, 0.717) is 23.5 Å². The molecule has 1 N–H and O–H groups in total. The molecule has 0 unspecified atom stereocenters. The summed E-state index contributed by atoms with van der Waals surface area (Å²) in [6, 6.07) is 1.62. The van der Waals surface area contributed by atoms with E-state index < -0.39 is 0 Å². The number of nitrogens with one attached hydrogen (secondary N) is 1. The molecule has 1 saturated heterocycles. The lowest BCUT2D eigenvalue weighted by Crippen LogP contribution is -2.45. The zero-order valence-corrected chi connectivity index (χ0v) is 11.1. The van der Waals surface area contributed by atoms with E-state index in [1.54, 1.807) is 18.5 Å². The predicted molar refractivity (Wildman–Crippen MR) is 70.6 cm³/mol. The summed E-state index contributed by atoms with van der Waals surface area (Å²) in [6.07, 6.45) is 2.91. The van der Waals surface area contributed by atoms with Gasteiger partial charge < -0.3 is 14.8 Å². The predicted octanol–water partition coefficient (Wildman–Crippen LogP) is 0.572. The molecule has 0 bridgehead atoms. The molecular formula is C12H11ClN4O3. The molecule has 3 rings (SSSR count). The second-order valence-corrected chi connectivity index (χ2v) is 4.61. The molecule has 1 aliphatic heterocycles. The van der Waals surface area contributed by atoms with Gasteiger partial charge in [0.2, 0.25) is 11.8 Å². The fraction of sp³-hybridized carbons (Fsp3) is 0.333. The average Bonchev–Trinajstić information content (AvgIpc) is 2.46. The highest BCUT2D eigenvalue weighted by molar-refractivity contribution is 6.30. The van der Waals surface area contributed by atoms with Crippen LogP contribution in [-0.2, 0) is 9.53 Å². The molecule has 1 fully saturated rings. The molecule has 3 heterocycles. The summed E-state index contributed by atoms with van der Waals surface area (Å²) in [5, 5.41) is 2.98. The van der Waals surface area contributed by atoms with E-state index in [0.717, 1.165) is 0 Å². The molecule has 0 spiro atoms. The minimum Gasteiger partial charge on any atom is -0.473 e. The number of aromatic nitrogens is 3. The number of hydrogen-bond donors (Lipinski definition) is 1. The number of pyridine rings is 1. The van der Waals surface area contributed by atoms with Crippen LogP contribution in [0.2, 0.25) is 5.15 Å². The normalized spacial score (nSPS) is 18.9. The van der Waals surface area contributed by atoms with Crippen LogP contribution in [0.25, 0.3) is 11.0 Å². The Kier molecular flexibility index (Phi) is 3.62. The third-order valence-electron chi connectivity index (χ3n) is 2.78. The van der Waals surface area contributed by atoms with Gasteiger partial charge in [0.05, 0.1) is 5.52 Å². The number of carbonyl (C=O) groups is 1. The first-order chi connectivity index (χ1) is 9.72. The summed E-state index contributed by atoms with van der Waals surface area (Å²) >= 11 is 5.92. The summed E-state index contributed by atoms with van der Waals surface area (Å²) in [4.78, 5) is 23.4. The van der Waals surface area contributed by atoms with E-state index in [9.17, 15) is 4.79 Å². The van der Waals surface area contributed by atoms with Gasteiger partial charge in [-0.25, -0.2) is 4.98 Å². The van der Waals surface area contributed by atoms with E-state index in [-0.39, 0.29) is 30.4 Å². The Hall–Kier alpha value is -1.99. The lowest BCUT2D eigenvalue weighted by Gasteiger charge is -2.23. The number of fused-ring (bicyclic) bond motifs is 1. The van der Waals surface area contributed by atoms with Gasteiger partial charge in [0.25, 0.3) is 0 Å². The van der Waals surface area contributed by atoms with Crippen molar-refractivity contribution >= 4 is 28.5 Å². The molecule has 0 aliphatic carbocycles. The van der Waals surface area contributed by atoms with Crippen LogP contribution in [-0.4, -0.2) is 46.7 Å². The third-order valence-corrected chi connectivity index (χ3v) is 2.97. The first-order valence-electron chi connectivity index (χ1n) is 6.01. The van der Waals surface area contributed by atoms with E-state index >= 15 is 0 Å². The highest BCUT2D eigenvalue weighted by atomic mass is 35.5. The highest BCUT2D eigenvalue weighted by Crippen LogP contribution is 2.23. The molecule has 20 heavy (non-hydrogen) atoms. The molecule has 2 aromatic rings. The van der Waals surface area contributed by atoms with E-state index in [1.807, 2.05) is 0 Å². The van der Waals surface area contributed by atoms with Gasteiger partial charge in [-0.05, 0) is 0 Å². The van der Waals surface area contributed by atoms with Crippen LogP contribution >= 0.6 is 11.6 Å². The largest absolute Gasteiger partial charge is 0.473 e. The van der Waals surface area contributed by atoms with Crippen LogP contribution < -0.4 is 10.1 Å². The van der Waals surface area contributed by atoms with Crippen LogP contribution in [0.3, 0.4) is 0 Å². The molecule has 1 atom stereocenters. The number of hydrogen-bond acceptors (Lipinski definition) is 6. The molecule has 8 heteroatoms. The van der Waals surface area contributed by atoms with Gasteiger partial charge >= 0.3 is 0 Å². The fourth-order valence-corrected chi connectivity index (χ4v) is 2.01. The van der Waals surface area contributed by atoms with Crippen molar-refractivity contribution in [1.29, 1.82) is 0 Å². The first kappa shape index (κ1) is 13.0. The number of morpholine rings is 1. The standard InChI is InChI=1S/C12H11ClN4O3/c13-9-3-8-11(15-2-1-14-8)12(17-9)20-5-7-4-16-10(18)6-19-7/h1-3,7H,4-6H2,(H,16,18)/t7-/m0/s1. The molecule has 104 valence electrons. The second kappa shape index (κ2) is 5.56. The Labute approximate surface area is 119 Å². The number of halogens is 1. The summed E-state index contributed by atoms with van der Waals surface area (Å²) in [5.41, 5.74) is 1.15. The third kappa shape index (κ3) is 2.78. The Balaban J connectivity index is 1.75. The van der Waals surface area contributed by atoms with Gasteiger partial charge in [0, 0.05) is 25.0 Å². The maximum absolute atomic E-state index is 11.0. The van der Waals surface area contributed by atoms with Crippen molar-refractivity contribution in [2.75, 3.05) is 19.8 Å². The maximum Gasteiger partial charge on any atom is 0.246 e. The quantitative estimate of drug-likeness (QED) is 0.833.